The summed E-state index contributed by atoms with van der Waals surface area (Å²) in [6, 6.07) is 9.80. The molecule has 1 amide bonds. The van der Waals surface area contributed by atoms with E-state index in [4.69, 9.17) is 0 Å². The molecule has 26 heavy (non-hydrogen) atoms. The molecule has 1 N–H and O–H groups in total. The summed E-state index contributed by atoms with van der Waals surface area (Å²) in [5.41, 5.74) is -1.73. The first-order valence-electron chi connectivity index (χ1n) is 7.10. The zero-order valence-corrected chi connectivity index (χ0v) is 14.1. The Balaban J connectivity index is 2.34. The lowest BCUT2D eigenvalue weighted by Gasteiger charge is -2.14. The van der Waals surface area contributed by atoms with Gasteiger partial charge in [-0.15, -0.1) is 0 Å². The van der Waals surface area contributed by atoms with Gasteiger partial charge in [0, 0.05) is 17.3 Å². The predicted molar refractivity (Wildman–Crippen MR) is 85.2 cm³/mol. The van der Waals surface area contributed by atoms with Crippen LogP contribution in [0.15, 0.2) is 42.6 Å². The van der Waals surface area contributed by atoms with Gasteiger partial charge in [-0.3, -0.25) is 9.78 Å². The number of benzene rings is 1. The van der Waals surface area contributed by atoms with Crippen molar-refractivity contribution in [2.75, 3.05) is 0 Å². The highest BCUT2D eigenvalue weighted by atomic mass is 32.2. The van der Waals surface area contributed by atoms with E-state index in [0.29, 0.717) is 6.20 Å². The van der Waals surface area contributed by atoms with E-state index in [1.807, 2.05) is 0 Å². The summed E-state index contributed by atoms with van der Waals surface area (Å²) in [6.45, 7) is 1.10. The molecule has 2 rings (SSSR count). The highest BCUT2D eigenvalue weighted by Crippen LogP contribution is 2.32. The highest BCUT2D eigenvalue weighted by Gasteiger charge is 2.36. The fourth-order valence-electron chi connectivity index (χ4n) is 2.20. The number of halogens is 3. The van der Waals surface area contributed by atoms with Crippen LogP contribution in [-0.2, 0) is 16.2 Å². The van der Waals surface area contributed by atoms with Gasteiger partial charge in [-0.25, -0.2) is 13.1 Å². The summed E-state index contributed by atoms with van der Waals surface area (Å²) in [5, 5.41) is 7.29. The number of aromatic nitrogens is 1. The van der Waals surface area contributed by atoms with Crippen molar-refractivity contribution < 1.29 is 26.4 Å². The van der Waals surface area contributed by atoms with E-state index in [1.54, 1.807) is 10.8 Å². The molecule has 6 nitrogen and oxygen atoms in total. The van der Waals surface area contributed by atoms with Crippen molar-refractivity contribution in [3.63, 3.8) is 0 Å². The molecule has 0 radical (unpaired) electrons. The predicted octanol–water partition coefficient (Wildman–Crippen LogP) is 2.73. The van der Waals surface area contributed by atoms with Gasteiger partial charge in [0.05, 0.1) is 6.07 Å². The maximum atomic E-state index is 12.8. The second kappa shape index (κ2) is 7.13. The summed E-state index contributed by atoms with van der Waals surface area (Å²) in [6.07, 6.45) is -4.04. The van der Waals surface area contributed by atoms with Crippen molar-refractivity contribution in [1.82, 2.24) is 9.71 Å². The zero-order chi connectivity index (χ0) is 19.5. The fraction of sp³-hybridized carbons (Fsp3) is 0.188. The minimum absolute atomic E-state index is 0.0505. The molecule has 0 aliphatic heterocycles. The van der Waals surface area contributed by atoms with Crippen LogP contribution in [0.1, 0.15) is 32.4 Å². The summed E-state index contributed by atoms with van der Waals surface area (Å²) >= 11 is 0. The topological polar surface area (TPSA) is 99.9 Å². The molecule has 0 fully saturated rings. The average molecular weight is 383 g/mol. The van der Waals surface area contributed by atoms with Gasteiger partial charge in [0.2, 0.25) is 0 Å². The number of alkyl halides is 3. The van der Waals surface area contributed by atoms with E-state index >= 15 is 0 Å². The van der Waals surface area contributed by atoms with Crippen LogP contribution < -0.4 is 4.72 Å². The lowest BCUT2D eigenvalue weighted by atomic mass is 10.1. The molecule has 10 heteroatoms. The number of hydrogen-bond acceptors (Lipinski definition) is 5. The van der Waals surface area contributed by atoms with Crippen molar-refractivity contribution in [3.05, 3.63) is 65.0 Å². The van der Waals surface area contributed by atoms with Gasteiger partial charge in [-0.05, 0) is 30.7 Å². The van der Waals surface area contributed by atoms with E-state index in [0.717, 1.165) is 13.0 Å². The van der Waals surface area contributed by atoms with E-state index in [2.05, 4.69) is 4.98 Å². The van der Waals surface area contributed by atoms with Crippen molar-refractivity contribution in [3.8, 4) is 6.07 Å². The Bertz CT molecular complexity index is 968. The monoisotopic (exact) mass is 383 g/mol. The molecule has 1 aromatic heterocycles. The Hall–Kier alpha value is -2.93. The van der Waals surface area contributed by atoms with Crippen LogP contribution in [0, 0.1) is 18.3 Å². The molecular weight excluding hydrogens is 371 g/mol. The Morgan fingerprint density at radius 1 is 1.27 bits per heavy atom. The van der Waals surface area contributed by atoms with E-state index in [9.17, 15) is 31.6 Å². The second-order valence-corrected chi connectivity index (χ2v) is 7.05. The number of aryl methyl sites for hydroxylation is 1. The molecule has 0 saturated carbocycles. The van der Waals surface area contributed by atoms with Crippen LogP contribution in [0.25, 0.3) is 0 Å². The summed E-state index contributed by atoms with van der Waals surface area (Å²) in [5.74, 6) is -0.956. The van der Waals surface area contributed by atoms with Crippen LogP contribution in [0.5, 0.6) is 0 Å². The van der Waals surface area contributed by atoms with Crippen molar-refractivity contribution in [2.24, 2.45) is 0 Å². The first-order valence-corrected chi connectivity index (χ1v) is 8.65. The lowest BCUT2D eigenvalue weighted by molar-refractivity contribution is -0.141. The number of carbonyl (C=O) groups excluding carboxylic acids is 1. The first kappa shape index (κ1) is 19.4. The van der Waals surface area contributed by atoms with Crippen molar-refractivity contribution in [2.45, 2.75) is 18.3 Å². The van der Waals surface area contributed by atoms with Gasteiger partial charge in [0.15, 0.2) is 5.25 Å². The Morgan fingerprint density at radius 2 is 1.88 bits per heavy atom. The van der Waals surface area contributed by atoms with E-state index < -0.39 is 33.1 Å². The smallest absolute Gasteiger partial charge is 0.268 e. The highest BCUT2D eigenvalue weighted by molar-refractivity contribution is 7.90. The van der Waals surface area contributed by atoms with Crippen molar-refractivity contribution in [1.29, 1.82) is 5.26 Å². The molecule has 0 bridgehead atoms. The van der Waals surface area contributed by atoms with Crippen LogP contribution in [-0.4, -0.2) is 19.3 Å². The van der Waals surface area contributed by atoms with Gasteiger partial charge in [0.25, 0.3) is 15.9 Å². The number of nitrogens with one attached hydrogen (secondary N) is 1. The average Bonchev–Trinajstić information content (AvgIpc) is 2.54. The standard InChI is InChI=1S/C16H12F3N3O3S/c1-10-7-12(9-21-14(10)16(17,18)19)13(8-20)26(24,25)22-15(23)11-5-3-2-4-6-11/h2-7,9,13H,1H3,(H,22,23). The normalized spacial score (nSPS) is 12.9. The van der Waals surface area contributed by atoms with Crippen LogP contribution >= 0.6 is 0 Å². The molecule has 0 aliphatic carbocycles. The maximum Gasteiger partial charge on any atom is 0.433 e. The molecule has 0 saturated heterocycles. The molecule has 136 valence electrons. The molecular formula is C16H12F3N3O3S. The van der Waals surface area contributed by atoms with Gasteiger partial charge >= 0.3 is 6.18 Å². The molecule has 2 aromatic rings. The van der Waals surface area contributed by atoms with Gasteiger partial charge in [0.1, 0.15) is 5.69 Å². The summed E-state index contributed by atoms with van der Waals surface area (Å²) in [7, 11) is -4.52. The maximum absolute atomic E-state index is 12.8. The number of carbonyl (C=O) groups is 1. The lowest BCUT2D eigenvalue weighted by Crippen LogP contribution is -2.34. The SMILES string of the molecule is Cc1cc(C(C#N)S(=O)(=O)NC(=O)c2ccccc2)cnc1C(F)(F)F. The van der Waals surface area contributed by atoms with Crippen molar-refractivity contribution >= 4 is 15.9 Å². The summed E-state index contributed by atoms with van der Waals surface area (Å²) in [4.78, 5) is 15.2. The number of sulfonamides is 1. The Labute approximate surface area is 147 Å². The van der Waals surface area contributed by atoms with E-state index in [-0.39, 0.29) is 16.7 Å². The summed E-state index contributed by atoms with van der Waals surface area (Å²) < 4.78 is 64.7. The number of nitrogens with zero attached hydrogens (tertiary/aromatic N) is 2. The quantitative estimate of drug-likeness (QED) is 0.875. The molecule has 1 unspecified atom stereocenters. The number of nitriles is 1. The fourth-order valence-corrected chi connectivity index (χ4v) is 3.32. The molecule has 1 heterocycles. The van der Waals surface area contributed by atoms with E-state index in [1.165, 1.54) is 30.3 Å². The zero-order valence-electron chi connectivity index (χ0n) is 13.3. The third-order valence-electron chi connectivity index (χ3n) is 3.37. The largest absolute Gasteiger partial charge is 0.433 e. The Kier molecular flexibility index (Phi) is 5.32. The molecule has 1 atom stereocenters. The second-order valence-electron chi connectivity index (χ2n) is 5.28. The minimum Gasteiger partial charge on any atom is -0.268 e. The molecule has 1 aromatic carbocycles. The number of rotatable bonds is 4. The van der Waals surface area contributed by atoms with Crippen LogP contribution in [0.2, 0.25) is 0 Å². The van der Waals surface area contributed by atoms with Crippen LogP contribution in [0.4, 0.5) is 13.2 Å². The number of hydrogen-bond donors (Lipinski definition) is 1. The first-order chi connectivity index (χ1) is 12.1. The molecule has 0 spiro atoms. The Morgan fingerprint density at radius 3 is 2.38 bits per heavy atom. The van der Waals surface area contributed by atoms with Gasteiger partial charge < -0.3 is 0 Å². The third-order valence-corrected chi connectivity index (χ3v) is 4.84. The van der Waals surface area contributed by atoms with Gasteiger partial charge in [-0.2, -0.15) is 18.4 Å². The third kappa shape index (κ3) is 4.18. The van der Waals surface area contributed by atoms with Gasteiger partial charge in [-0.1, -0.05) is 18.2 Å². The minimum atomic E-state index is -4.70. The number of amides is 1. The van der Waals surface area contributed by atoms with Crippen LogP contribution in [0.3, 0.4) is 0 Å². The number of pyridine rings is 1. The molecule has 0 aliphatic rings.